The van der Waals surface area contributed by atoms with E-state index in [-0.39, 0.29) is 24.2 Å². The second-order valence-electron chi connectivity index (χ2n) is 4.20. The van der Waals surface area contributed by atoms with Gasteiger partial charge in [-0.05, 0) is 24.6 Å². The number of rotatable bonds is 4. The summed E-state index contributed by atoms with van der Waals surface area (Å²) in [6, 6.07) is 5.92. The lowest BCUT2D eigenvalue weighted by Gasteiger charge is -2.13. The molecule has 2 aromatic rings. The number of halogens is 1. The largest absolute Gasteiger partial charge is 0.375 e. The lowest BCUT2D eigenvalue weighted by Crippen LogP contribution is -2.28. The summed E-state index contributed by atoms with van der Waals surface area (Å²) in [6.45, 7) is 1.81. The highest BCUT2D eigenvalue weighted by molar-refractivity contribution is 7.13. The van der Waals surface area contributed by atoms with Gasteiger partial charge in [0.1, 0.15) is 5.82 Å². The van der Waals surface area contributed by atoms with Crippen molar-refractivity contribution < 1.29 is 9.18 Å². The zero-order valence-corrected chi connectivity index (χ0v) is 11.2. The Hall–Kier alpha value is -1.95. The average molecular weight is 279 g/mol. The molecular formula is C13H14FN3OS. The number of benzene rings is 1. The van der Waals surface area contributed by atoms with Gasteiger partial charge in [-0.3, -0.25) is 4.79 Å². The number of nitrogens with two attached hydrogens (primary N) is 1. The second kappa shape index (κ2) is 5.79. The predicted molar refractivity (Wildman–Crippen MR) is 73.2 cm³/mol. The molecule has 2 rings (SSSR count). The molecule has 3 N–H and O–H groups in total. The predicted octanol–water partition coefficient (Wildman–Crippen LogP) is 2.28. The van der Waals surface area contributed by atoms with Gasteiger partial charge >= 0.3 is 0 Å². The van der Waals surface area contributed by atoms with E-state index >= 15 is 0 Å². The van der Waals surface area contributed by atoms with Crippen molar-refractivity contribution in [1.29, 1.82) is 0 Å². The molecule has 1 amide bonds. The van der Waals surface area contributed by atoms with Crippen LogP contribution < -0.4 is 11.1 Å². The number of nitrogen functional groups attached to an aromatic ring is 1. The topological polar surface area (TPSA) is 68.0 Å². The maximum atomic E-state index is 13.1. The number of thiazole rings is 1. The minimum absolute atomic E-state index is 0.165. The van der Waals surface area contributed by atoms with Crippen molar-refractivity contribution in [2.24, 2.45) is 0 Å². The minimum atomic E-state index is -0.314. The van der Waals surface area contributed by atoms with Gasteiger partial charge < -0.3 is 11.1 Å². The summed E-state index contributed by atoms with van der Waals surface area (Å²) in [5, 5.41) is 5.00. The summed E-state index contributed by atoms with van der Waals surface area (Å²) in [4.78, 5) is 15.8. The van der Waals surface area contributed by atoms with Gasteiger partial charge in [-0.15, -0.1) is 11.3 Å². The van der Waals surface area contributed by atoms with Crippen molar-refractivity contribution in [2.75, 3.05) is 5.73 Å². The molecule has 0 radical (unpaired) electrons. The van der Waals surface area contributed by atoms with Gasteiger partial charge in [0.25, 0.3) is 0 Å². The first-order valence-electron chi connectivity index (χ1n) is 5.79. The molecule has 1 atom stereocenters. The molecule has 100 valence electrons. The number of carbonyl (C=O) groups is 1. The van der Waals surface area contributed by atoms with E-state index in [4.69, 9.17) is 5.73 Å². The van der Waals surface area contributed by atoms with Crippen molar-refractivity contribution in [3.63, 3.8) is 0 Å². The fraction of sp³-hybridized carbons (Fsp3) is 0.231. The van der Waals surface area contributed by atoms with Crippen LogP contribution in [0, 0.1) is 5.82 Å². The molecule has 0 unspecified atom stereocenters. The van der Waals surface area contributed by atoms with Crippen molar-refractivity contribution in [3.05, 3.63) is 46.7 Å². The van der Waals surface area contributed by atoms with Crippen LogP contribution in [0.15, 0.2) is 29.6 Å². The van der Waals surface area contributed by atoms with Crippen molar-refractivity contribution in [1.82, 2.24) is 10.3 Å². The van der Waals surface area contributed by atoms with E-state index < -0.39 is 0 Å². The zero-order chi connectivity index (χ0) is 13.8. The molecule has 1 aromatic heterocycles. The number of nitrogens with zero attached hydrogens (tertiary/aromatic N) is 1. The lowest BCUT2D eigenvalue weighted by molar-refractivity contribution is -0.121. The van der Waals surface area contributed by atoms with E-state index in [1.54, 1.807) is 17.5 Å². The summed E-state index contributed by atoms with van der Waals surface area (Å²) in [5.41, 5.74) is 6.87. The smallest absolute Gasteiger partial charge is 0.226 e. The highest BCUT2D eigenvalue weighted by atomic mass is 32.1. The van der Waals surface area contributed by atoms with E-state index in [1.807, 2.05) is 6.92 Å². The molecule has 0 fully saturated rings. The van der Waals surface area contributed by atoms with E-state index in [2.05, 4.69) is 10.3 Å². The van der Waals surface area contributed by atoms with E-state index in [0.29, 0.717) is 10.8 Å². The molecule has 1 heterocycles. The third-order valence-corrected chi connectivity index (χ3v) is 3.36. The number of carbonyl (C=O) groups excluding carboxylic acids is 1. The summed E-state index contributed by atoms with van der Waals surface area (Å²) >= 11 is 1.30. The minimum Gasteiger partial charge on any atom is -0.375 e. The van der Waals surface area contributed by atoms with Crippen molar-refractivity contribution in [2.45, 2.75) is 19.4 Å². The Morgan fingerprint density at radius 1 is 1.58 bits per heavy atom. The first kappa shape index (κ1) is 13.5. The number of nitrogens with one attached hydrogen (secondary N) is 1. The highest BCUT2D eigenvalue weighted by Crippen LogP contribution is 2.15. The molecule has 0 aliphatic rings. The molecule has 0 bridgehead atoms. The summed E-state index contributed by atoms with van der Waals surface area (Å²) in [6.07, 6.45) is 0.174. The van der Waals surface area contributed by atoms with Gasteiger partial charge in [-0.25, -0.2) is 9.37 Å². The van der Waals surface area contributed by atoms with Crippen LogP contribution in [0.2, 0.25) is 0 Å². The molecule has 0 aliphatic heterocycles. The molecule has 1 aromatic carbocycles. The van der Waals surface area contributed by atoms with Gasteiger partial charge in [0.2, 0.25) is 5.91 Å². The quantitative estimate of drug-likeness (QED) is 0.902. The van der Waals surface area contributed by atoms with Crippen LogP contribution in [0.3, 0.4) is 0 Å². The zero-order valence-electron chi connectivity index (χ0n) is 10.4. The number of hydrogen-bond acceptors (Lipinski definition) is 4. The van der Waals surface area contributed by atoms with E-state index in [9.17, 15) is 9.18 Å². The molecule has 19 heavy (non-hydrogen) atoms. The monoisotopic (exact) mass is 279 g/mol. The summed E-state index contributed by atoms with van der Waals surface area (Å²) in [5.74, 6) is -0.479. The summed E-state index contributed by atoms with van der Waals surface area (Å²) < 4.78 is 13.1. The van der Waals surface area contributed by atoms with Crippen LogP contribution in [0.5, 0.6) is 0 Å². The lowest BCUT2D eigenvalue weighted by atomic mass is 10.1. The van der Waals surface area contributed by atoms with E-state index in [1.165, 1.54) is 23.5 Å². The van der Waals surface area contributed by atoms with E-state index in [0.717, 1.165) is 5.56 Å². The van der Waals surface area contributed by atoms with Gasteiger partial charge in [-0.2, -0.15) is 0 Å². The Balaban J connectivity index is 1.95. The van der Waals surface area contributed by atoms with Crippen LogP contribution >= 0.6 is 11.3 Å². The fourth-order valence-electron chi connectivity index (χ4n) is 1.72. The third-order valence-electron chi connectivity index (χ3n) is 2.64. The SMILES string of the molecule is C[C@@H](NC(=O)Cc1csc(N)n1)c1cccc(F)c1. The van der Waals surface area contributed by atoms with Gasteiger partial charge in [-0.1, -0.05) is 12.1 Å². The van der Waals surface area contributed by atoms with Gasteiger partial charge in [0.05, 0.1) is 18.2 Å². The Bertz CT molecular complexity index is 585. The molecule has 0 spiro atoms. The maximum Gasteiger partial charge on any atom is 0.226 e. The Kier molecular flexibility index (Phi) is 4.11. The highest BCUT2D eigenvalue weighted by Gasteiger charge is 2.12. The first-order valence-corrected chi connectivity index (χ1v) is 6.67. The fourth-order valence-corrected chi connectivity index (χ4v) is 2.28. The van der Waals surface area contributed by atoms with Crippen LogP contribution in [0.1, 0.15) is 24.2 Å². The number of anilines is 1. The third kappa shape index (κ3) is 3.75. The number of amides is 1. The van der Waals surface area contributed by atoms with Crippen LogP contribution in [-0.4, -0.2) is 10.9 Å². The Labute approximate surface area is 114 Å². The maximum absolute atomic E-state index is 13.1. The van der Waals surface area contributed by atoms with Crippen LogP contribution in [-0.2, 0) is 11.2 Å². The molecule has 6 heteroatoms. The molecule has 4 nitrogen and oxygen atoms in total. The standard InChI is InChI=1S/C13H14FN3OS/c1-8(9-3-2-4-10(14)5-9)16-12(18)6-11-7-19-13(15)17-11/h2-5,7-8H,6H2,1H3,(H2,15,17)(H,16,18)/t8-/m1/s1. The first-order chi connectivity index (χ1) is 9.04. The Morgan fingerprint density at radius 2 is 2.37 bits per heavy atom. The summed E-state index contributed by atoms with van der Waals surface area (Å²) in [7, 11) is 0. The van der Waals surface area contributed by atoms with Gasteiger partial charge in [0, 0.05) is 5.38 Å². The molecule has 0 saturated carbocycles. The number of aromatic nitrogens is 1. The van der Waals surface area contributed by atoms with Crippen molar-refractivity contribution in [3.8, 4) is 0 Å². The average Bonchev–Trinajstić information content (AvgIpc) is 2.74. The normalized spacial score (nSPS) is 12.1. The van der Waals surface area contributed by atoms with Gasteiger partial charge in [0.15, 0.2) is 5.13 Å². The van der Waals surface area contributed by atoms with Crippen LogP contribution in [0.25, 0.3) is 0 Å². The second-order valence-corrected chi connectivity index (χ2v) is 5.09. The Morgan fingerprint density at radius 3 is 3.00 bits per heavy atom. The molecular weight excluding hydrogens is 265 g/mol. The van der Waals surface area contributed by atoms with Crippen molar-refractivity contribution >= 4 is 22.4 Å². The molecule has 0 aliphatic carbocycles. The number of hydrogen-bond donors (Lipinski definition) is 2. The van der Waals surface area contributed by atoms with Crippen LogP contribution in [0.4, 0.5) is 9.52 Å². The molecule has 0 saturated heterocycles.